The molecule has 0 saturated heterocycles. The molecule has 0 unspecified atom stereocenters. The molecule has 0 fully saturated rings. The monoisotopic (exact) mass is 288 g/mol. The Bertz CT molecular complexity index is 687. The average Bonchev–Trinajstić information content (AvgIpc) is 2.68. The molecule has 0 aromatic carbocycles. The lowest BCUT2D eigenvalue weighted by Gasteiger charge is -2.20. The zero-order chi connectivity index (χ0) is 16.0. The smallest absolute Gasteiger partial charge is 0.270 e. The standard InChI is InChI=1S/C16H24N4O/c1-10-8-11(14(21)18-16(5,6)7)20-13(17-10)9-12(19-20)15(2,3)4/h8-9H,1-7H3,(H,18,21). The molecule has 0 bridgehead atoms. The number of carbonyl (C=O) groups is 1. The maximum atomic E-state index is 12.5. The van der Waals surface area contributed by atoms with E-state index in [1.807, 2.05) is 33.8 Å². The van der Waals surface area contributed by atoms with Crippen molar-refractivity contribution >= 4 is 11.6 Å². The normalized spacial score (nSPS) is 12.7. The zero-order valence-electron chi connectivity index (χ0n) is 13.9. The Hall–Kier alpha value is -1.91. The molecule has 2 rings (SSSR count). The van der Waals surface area contributed by atoms with Crippen molar-refractivity contribution in [3.05, 3.63) is 29.2 Å². The Kier molecular flexibility index (Phi) is 3.56. The Morgan fingerprint density at radius 1 is 1.14 bits per heavy atom. The van der Waals surface area contributed by atoms with Gasteiger partial charge in [-0.3, -0.25) is 4.79 Å². The van der Waals surface area contributed by atoms with Crippen LogP contribution in [0.15, 0.2) is 12.1 Å². The number of nitrogens with zero attached hydrogens (tertiary/aromatic N) is 3. The molecular formula is C16H24N4O. The second-order valence-corrected chi connectivity index (χ2v) is 7.54. The van der Waals surface area contributed by atoms with Crippen LogP contribution >= 0.6 is 0 Å². The van der Waals surface area contributed by atoms with Crippen LogP contribution in [0.25, 0.3) is 5.65 Å². The lowest BCUT2D eigenvalue weighted by Crippen LogP contribution is -2.41. The van der Waals surface area contributed by atoms with E-state index in [0.717, 1.165) is 11.4 Å². The Morgan fingerprint density at radius 3 is 2.29 bits per heavy atom. The molecule has 2 heterocycles. The fraction of sp³-hybridized carbons (Fsp3) is 0.562. The second-order valence-electron chi connectivity index (χ2n) is 7.54. The van der Waals surface area contributed by atoms with Crippen LogP contribution in [0.2, 0.25) is 0 Å². The summed E-state index contributed by atoms with van der Waals surface area (Å²) in [7, 11) is 0. The summed E-state index contributed by atoms with van der Waals surface area (Å²) < 4.78 is 1.63. The van der Waals surface area contributed by atoms with Crippen LogP contribution in [0.3, 0.4) is 0 Å². The topological polar surface area (TPSA) is 59.3 Å². The molecule has 5 nitrogen and oxygen atoms in total. The van der Waals surface area contributed by atoms with Crippen LogP contribution in [0.4, 0.5) is 0 Å². The lowest BCUT2D eigenvalue weighted by atomic mass is 9.93. The highest BCUT2D eigenvalue weighted by atomic mass is 16.2. The summed E-state index contributed by atoms with van der Waals surface area (Å²) in [4.78, 5) is 17.0. The summed E-state index contributed by atoms with van der Waals surface area (Å²) in [6.45, 7) is 14.0. The first kappa shape index (κ1) is 15.5. The van der Waals surface area contributed by atoms with Crippen molar-refractivity contribution in [2.45, 2.75) is 59.4 Å². The minimum atomic E-state index is -0.291. The minimum Gasteiger partial charge on any atom is -0.346 e. The summed E-state index contributed by atoms with van der Waals surface area (Å²) in [6.07, 6.45) is 0. The van der Waals surface area contributed by atoms with Gasteiger partial charge in [0.05, 0.1) is 5.69 Å². The number of hydrogen-bond acceptors (Lipinski definition) is 3. The lowest BCUT2D eigenvalue weighted by molar-refractivity contribution is 0.0911. The molecular weight excluding hydrogens is 264 g/mol. The summed E-state index contributed by atoms with van der Waals surface area (Å²) in [5.74, 6) is -0.137. The second kappa shape index (κ2) is 4.83. The van der Waals surface area contributed by atoms with Crippen LogP contribution in [0, 0.1) is 6.92 Å². The van der Waals surface area contributed by atoms with Crippen molar-refractivity contribution in [2.75, 3.05) is 0 Å². The molecule has 1 amide bonds. The minimum absolute atomic E-state index is 0.0840. The van der Waals surface area contributed by atoms with Gasteiger partial charge in [0, 0.05) is 22.7 Å². The number of fused-ring (bicyclic) bond motifs is 1. The van der Waals surface area contributed by atoms with Gasteiger partial charge in [-0.05, 0) is 33.8 Å². The molecule has 2 aromatic rings. The van der Waals surface area contributed by atoms with Crippen LogP contribution in [-0.4, -0.2) is 26.0 Å². The summed E-state index contributed by atoms with van der Waals surface area (Å²) in [5, 5.41) is 7.54. The molecule has 21 heavy (non-hydrogen) atoms. The zero-order valence-corrected chi connectivity index (χ0v) is 13.9. The number of amides is 1. The van der Waals surface area contributed by atoms with Crippen LogP contribution < -0.4 is 5.32 Å². The predicted octanol–water partition coefficient (Wildman–Crippen LogP) is 2.86. The highest BCUT2D eigenvalue weighted by molar-refractivity contribution is 5.93. The third-order valence-electron chi connectivity index (χ3n) is 3.04. The number of hydrogen-bond donors (Lipinski definition) is 1. The number of nitrogens with one attached hydrogen (secondary N) is 1. The highest BCUT2D eigenvalue weighted by Gasteiger charge is 2.23. The van der Waals surface area contributed by atoms with E-state index in [4.69, 9.17) is 0 Å². The molecule has 0 aliphatic rings. The van der Waals surface area contributed by atoms with Crippen molar-refractivity contribution in [2.24, 2.45) is 0 Å². The van der Waals surface area contributed by atoms with E-state index in [2.05, 4.69) is 36.2 Å². The van der Waals surface area contributed by atoms with Crippen molar-refractivity contribution < 1.29 is 4.79 Å². The first-order valence-electron chi connectivity index (χ1n) is 7.18. The average molecular weight is 288 g/mol. The molecule has 5 heteroatoms. The Balaban J connectivity index is 2.58. The molecule has 114 valence electrons. The van der Waals surface area contributed by atoms with E-state index in [0.29, 0.717) is 11.3 Å². The summed E-state index contributed by atoms with van der Waals surface area (Å²) in [6, 6.07) is 3.72. The molecule has 0 atom stereocenters. The van der Waals surface area contributed by atoms with Crippen molar-refractivity contribution in [1.82, 2.24) is 19.9 Å². The van der Waals surface area contributed by atoms with Crippen LogP contribution in [-0.2, 0) is 5.41 Å². The van der Waals surface area contributed by atoms with E-state index in [1.54, 1.807) is 10.6 Å². The van der Waals surface area contributed by atoms with E-state index in [-0.39, 0.29) is 16.9 Å². The van der Waals surface area contributed by atoms with Gasteiger partial charge < -0.3 is 5.32 Å². The highest BCUT2D eigenvalue weighted by Crippen LogP contribution is 2.22. The van der Waals surface area contributed by atoms with Gasteiger partial charge >= 0.3 is 0 Å². The summed E-state index contributed by atoms with van der Waals surface area (Å²) >= 11 is 0. The van der Waals surface area contributed by atoms with Gasteiger partial charge in [-0.1, -0.05) is 20.8 Å². The van der Waals surface area contributed by atoms with Gasteiger partial charge in [0.2, 0.25) is 0 Å². The molecule has 0 spiro atoms. The maximum absolute atomic E-state index is 12.5. The first-order valence-corrected chi connectivity index (χ1v) is 7.18. The summed E-state index contributed by atoms with van der Waals surface area (Å²) in [5.41, 5.74) is 2.58. The third-order valence-corrected chi connectivity index (χ3v) is 3.04. The molecule has 0 radical (unpaired) electrons. The molecule has 1 N–H and O–H groups in total. The van der Waals surface area contributed by atoms with Crippen molar-refractivity contribution in [1.29, 1.82) is 0 Å². The number of aromatic nitrogens is 3. The van der Waals surface area contributed by atoms with Crippen molar-refractivity contribution in [3.63, 3.8) is 0 Å². The molecule has 0 saturated carbocycles. The third kappa shape index (κ3) is 3.40. The van der Waals surface area contributed by atoms with Gasteiger partial charge in [0.1, 0.15) is 5.69 Å². The van der Waals surface area contributed by atoms with Crippen molar-refractivity contribution in [3.8, 4) is 0 Å². The fourth-order valence-corrected chi connectivity index (χ4v) is 2.03. The maximum Gasteiger partial charge on any atom is 0.270 e. The van der Waals surface area contributed by atoms with Crippen LogP contribution in [0.1, 0.15) is 63.4 Å². The molecule has 0 aliphatic heterocycles. The van der Waals surface area contributed by atoms with E-state index in [9.17, 15) is 4.79 Å². The molecule has 0 aliphatic carbocycles. The van der Waals surface area contributed by atoms with Gasteiger partial charge in [0.15, 0.2) is 5.65 Å². The molecule has 2 aromatic heterocycles. The quantitative estimate of drug-likeness (QED) is 0.877. The van der Waals surface area contributed by atoms with E-state index in [1.165, 1.54) is 0 Å². The van der Waals surface area contributed by atoms with Gasteiger partial charge in [-0.15, -0.1) is 0 Å². The Morgan fingerprint density at radius 2 is 1.76 bits per heavy atom. The first-order chi connectivity index (χ1) is 9.47. The van der Waals surface area contributed by atoms with Crippen LogP contribution in [0.5, 0.6) is 0 Å². The predicted molar refractivity (Wildman–Crippen MR) is 83.6 cm³/mol. The number of carbonyl (C=O) groups excluding carboxylic acids is 1. The largest absolute Gasteiger partial charge is 0.346 e. The van der Waals surface area contributed by atoms with Gasteiger partial charge in [-0.25, -0.2) is 9.50 Å². The SMILES string of the molecule is Cc1cc(C(=O)NC(C)(C)C)n2nc(C(C)(C)C)cc2n1. The van der Waals surface area contributed by atoms with Gasteiger partial charge in [-0.2, -0.15) is 5.10 Å². The van der Waals surface area contributed by atoms with E-state index < -0.39 is 0 Å². The number of rotatable bonds is 1. The fourth-order valence-electron chi connectivity index (χ4n) is 2.03. The number of aryl methyl sites for hydroxylation is 1. The Labute approximate surface area is 125 Å². The van der Waals surface area contributed by atoms with E-state index >= 15 is 0 Å². The van der Waals surface area contributed by atoms with Gasteiger partial charge in [0.25, 0.3) is 5.91 Å².